The monoisotopic (exact) mass is 406 g/mol. The van der Waals surface area contributed by atoms with Gasteiger partial charge in [-0.25, -0.2) is 0 Å². The number of nitrogens with two attached hydrogens (primary N) is 1. The van der Waals surface area contributed by atoms with Crippen LogP contribution in [0.5, 0.6) is 0 Å². The molecule has 0 radical (unpaired) electrons. The Morgan fingerprint density at radius 2 is 2.05 bits per heavy atom. The van der Waals surface area contributed by atoms with E-state index < -0.39 is 0 Å². The van der Waals surface area contributed by atoms with Crippen molar-refractivity contribution in [3.05, 3.63) is 26.8 Å². The first-order chi connectivity index (χ1) is 9.54. The summed E-state index contributed by atoms with van der Waals surface area (Å²) in [5.41, 5.74) is 6.59. The van der Waals surface area contributed by atoms with Gasteiger partial charge in [-0.2, -0.15) is 0 Å². The molecule has 1 saturated carbocycles. The van der Waals surface area contributed by atoms with Crippen LogP contribution in [0.1, 0.15) is 38.5 Å². The molecule has 0 unspecified atom stereocenters. The van der Waals surface area contributed by atoms with Gasteiger partial charge in [0.25, 0.3) is 0 Å². The van der Waals surface area contributed by atoms with E-state index in [-0.39, 0.29) is 11.3 Å². The van der Waals surface area contributed by atoms with Gasteiger partial charge >= 0.3 is 0 Å². The molecule has 2 rings (SSSR count). The average molecular weight is 407 g/mol. The number of rotatable bonds is 4. The minimum Gasteiger partial charge on any atom is -0.330 e. The van der Waals surface area contributed by atoms with Crippen LogP contribution in [-0.2, 0) is 4.79 Å². The summed E-state index contributed by atoms with van der Waals surface area (Å²) in [6, 6.07) is 5.62. The zero-order valence-electron chi connectivity index (χ0n) is 11.4. The molecule has 0 spiro atoms. The standard InChI is InChI=1S/C15H20ClIN2O/c16-12-8-11(17)4-5-13(12)19-14(20)9-15(10-18)6-2-1-3-7-15/h4-5,8H,1-3,6-7,9-10,18H2,(H,19,20). The van der Waals surface area contributed by atoms with E-state index in [1.165, 1.54) is 19.3 Å². The van der Waals surface area contributed by atoms with Gasteiger partial charge in [-0.05, 0) is 65.6 Å². The molecule has 0 atom stereocenters. The molecule has 1 aromatic carbocycles. The molecule has 1 fully saturated rings. The fourth-order valence-electron chi connectivity index (χ4n) is 2.88. The number of carbonyl (C=O) groups excluding carboxylic acids is 1. The second-order valence-corrected chi connectivity index (χ2v) is 7.27. The zero-order chi connectivity index (χ0) is 14.6. The normalized spacial score (nSPS) is 17.8. The predicted molar refractivity (Wildman–Crippen MR) is 92.0 cm³/mol. The fraction of sp³-hybridized carbons (Fsp3) is 0.533. The second kappa shape index (κ2) is 7.09. The van der Waals surface area contributed by atoms with Gasteiger partial charge in [0.1, 0.15) is 0 Å². The molecule has 20 heavy (non-hydrogen) atoms. The molecule has 1 amide bonds. The van der Waals surface area contributed by atoms with Crippen molar-refractivity contribution in [1.29, 1.82) is 0 Å². The summed E-state index contributed by atoms with van der Waals surface area (Å²) < 4.78 is 1.05. The van der Waals surface area contributed by atoms with Crippen molar-refractivity contribution in [1.82, 2.24) is 0 Å². The van der Waals surface area contributed by atoms with E-state index in [4.69, 9.17) is 17.3 Å². The van der Waals surface area contributed by atoms with Gasteiger partial charge in [-0.15, -0.1) is 0 Å². The van der Waals surface area contributed by atoms with Crippen molar-refractivity contribution in [2.45, 2.75) is 38.5 Å². The highest BCUT2D eigenvalue weighted by Gasteiger charge is 2.33. The van der Waals surface area contributed by atoms with Gasteiger partial charge in [0.15, 0.2) is 0 Å². The van der Waals surface area contributed by atoms with E-state index in [1.54, 1.807) is 0 Å². The van der Waals surface area contributed by atoms with Crippen LogP contribution < -0.4 is 11.1 Å². The van der Waals surface area contributed by atoms with E-state index >= 15 is 0 Å². The molecule has 0 heterocycles. The van der Waals surface area contributed by atoms with Crippen LogP contribution in [0.15, 0.2) is 18.2 Å². The van der Waals surface area contributed by atoms with E-state index in [0.717, 1.165) is 16.4 Å². The zero-order valence-corrected chi connectivity index (χ0v) is 14.3. The average Bonchev–Trinajstić information content (AvgIpc) is 2.43. The lowest BCUT2D eigenvalue weighted by molar-refractivity contribution is -0.118. The van der Waals surface area contributed by atoms with Crippen LogP contribution in [0.3, 0.4) is 0 Å². The van der Waals surface area contributed by atoms with Crippen LogP contribution >= 0.6 is 34.2 Å². The lowest BCUT2D eigenvalue weighted by atomic mass is 9.71. The maximum Gasteiger partial charge on any atom is 0.225 e. The quantitative estimate of drug-likeness (QED) is 0.737. The largest absolute Gasteiger partial charge is 0.330 e. The van der Waals surface area contributed by atoms with E-state index in [0.29, 0.717) is 23.7 Å². The molecule has 3 N–H and O–H groups in total. The maximum atomic E-state index is 12.3. The molecule has 0 bridgehead atoms. The molecule has 0 aliphatic heterocycles. The van der Waals surface area contributed by atoms with Gasteiger partial charge in [-0.1, -0.05) is 30.9 Å². The second-order valence-electron chi connectivity index (χ2n) is 5.61. The predicted octanol–water partition coefficient (Wildman–Crippen LogP) is 4.18. The van der Waals surface area contributed by atoms with Crippen LogP contribution in [-0.4, -0.2) is 12.5 Å². The minimum absolute atomic E-state index is 0.0143. The van der Waals surface area contributed by atoms with Crippen LogP contribution in [0.2, 0.25) is 5.02 Å². The highest BCUT2D eigenvalue weighted by Crippen LogP contribution is 2.38. The molecule has 3 nitrogen and oxygen atoms in total. The summed E-state index contributed by atoms with van der Waals surface area (Å²) in [6.07, 6.45) is 6.20. The van der Waals surface area contributed by atoms with Gasteiger partial charge in [0.2, 0.25) is 5.91 Å². The van der Waals surface area contributed by atoms with E-state index in [9.17, 15) is 4.79 Å². The molecule has 0 aromatic heterocycles. The number of amides is 1. The Labute approximate surface area is 138 Å². The topological polar surface area (TPSA) is 55.1 Å². The van der Waals surface area contributed by atoms with E-state index in [1.807, 2.05) is 18.2 Å². The van der Waals surface area contributed by atoms with E-state index in [2.05, 4.69) is 27.9 Å². The van der Waals surface area contributed by atoms with Crippen molar-refractivity contribution in [3.63, 3.8) is 0 Å². The van der Waals surface area contributed by atoms with Crippen molar-refractivity contribution in [2.75, 3.05) is 11.9 Å². The van der Waals surface area contributed by atoms with Gasteiger partial charge in [0, 0.05) is 9.99 Å². The molecule has 1 aliphatic carbocycles. The number of nitrogens with one attached hydrogen (secondary N) is 1. The van der Waals surface area contributed by atoms with Crippen LogP contribution in [0, 0.1) is 8.99 Å². The summed E-state index contributed by atoms with van der Waals surface area (Å²) >= 11 is 8.34. The lowest BCUT2D eigenvalue weighted by Crippen LogP contribution is -2.36. The van der Waals surface area contributed by atoms with Crippen molar-refractivity contribution >= 4 is 45.8 Å². The summed E-state index contributed by atoms with van der Waals surface area (Å²) in [7, 11) is 0. The number of halogens is 2. The first-order valence-electron chi connectivity index (χ1n) is 7.00. The third-order valence-electron chi connectivity index (χ3n) is 4.09. The van der Waals surface area contributed by atoms with Crippen LogP contribution in [0.4, 0.5) is 5.69 Å². The van der Waals surface area contributed by atoms with Gasteiger partial charge in [0.05, 0.1) is 10.7 Å². The molecular formula is C15H20ClIN2O. The Balaban J connectivity index is 2.00. The third kappa shape index (κ3) is 4.09. The highest BCUT2D eigenvalue weighted by molar-refractivity contribution is 14.1. The Morgan fingerprint density at radius 3 is 2.65 bits per heavy atom. The molecule has 0 saturated heterocycles. The Bertz CT molecular complexity index is 487. The molecular weight excluding hydrogens is 387 g/mol. The highest BCUT2D eigenvalue weighted by atomic mass is 127. The Morgan fingerprint density at radius 1 is 1.35 bits per heavy atom. The molecule has 1 aromatic rings. The first kappa shape index (κ1) is 16.0. The van der Waals surface area contributed by atoms with Crippen molar-refractivity contribution in [3.8, 4) is 0 Å². The maximum absolute atomic E-state index is 12.3. The number of carbonyl (C=O) groups is 1. The molecule has 1 aliphatic rings. The number of anilines is 1. The lowest BCUT2D eigenvalue weighted by Gasteiger charge is -2.35. The summed E-state index contributed by atoms with van der Waals surface area (Å²) in [6.45, 7) is 0.584. The van der Waals surface area contributed by atoms with Crippen molar-refractivity contribution < 1.29 is 4.79 Å². The van der Waals surface area contributed by atoms with Crippen LogP contribution in [0.25, 0.3) is 0 Å². The Hall–Kier alpha value is -0.330. The number of benzene rings is 1. The summed E-state index contributed by atoms with van der Waals surface area (Å²) in [5.74, 6) is 0.0143. The van der Waals surface area contributed by atoms with Gasteiger partial charge in [-0.3, -0.25) is 4.79 Å². The first-order valence-corrected chi connectivity index (χ1v) is 8.45. The summed E-state index contributed by atoms with van der Waals surface area (Å²) in [5, 5.41) is 3.49. The summed E-state index contributed by atoms with van der Waals surface area (Å²) in [4.78, 5) is 12.3. The Kier molecular flexibility index (Phi) is 5.69. The van der Waals surface area contributed by atoms with Crippen molar-refractivity contribution in [2.24, 2.45) is 11.1 Å². The smallest absolute Gasteiger partial charge is 0.225 e. The minimum atomic E-state index is -0.0159. The SMILES string of the molecule is NCC1(CC(=O)Nc2ccc(I)cc2Cl)CCCCC1. The number of hydrogen-bond acceptors (Lipinski definition) is 2. The fourth-order valence-corrected chi connectivity index (χ4v) is 3.78. The molecule has 5 heteroatoms. The third-order valence-corrected chi connectivity index (χ3v) is 5.07. The molecule has 110 valence electrons. The number of hydrogen-bond donors (Lipinski definition) is 2. The van der Waals surface area contributed by atoms with Gasteiger partial charge < -0.3 is 11.1 Å².